The summed E-state index contributed by atoms with van der Waals surface area (Å²) < 4.78 is 0. The molecule has 0 aliphatic heterocycles. The number of nitrogens with zero attached hydrogens (tertiary/aromatic N) is 1. The van der Waals surface area contributed by atoms with Gasteiger partial charge in [-0.05, 0) is 34.0 Å². The van der Waals surface area contributed by atoms with Gasteiger partial charge in [-0.3, -0.25) is 0 Å². The molecule has 0 aromatic rings. The van der Waals surface area contributed by atoms with Crippen LogP contribution in [0.3, 0.4) is 0 Å². The highest BCUT2D eigenvalue weighted by Gasteiger charge is 1.94. The molecule has 0 aromatic heterocycles. The highest BCUT2D eigenvalue weighted by Crippen LogP contribution is 2.13. The van der Waals surface area contributed by atoms with Crippen LogP contribution in [-0.4, -0.2) is 37.3 Å². The fourth-order valence-electron chi connectivity index (χ4n) is 2.80. The van der Waals surface area contributed by atoms with Gasteiger partial charge >= 0.3 is 0 Å². The Kier molecular flexibility index (Phi) is 34.3. The van der Waals surface area contributed by atoms with E-state index in [1.165, 1.54) is 103 Å². The molecule has 0 heterocycles. The van der Waals surface area contributed by atoms with Crippen molar-refractivity contribution in [3.63, 3.8) is 0 Å². The van der Waals surface area contributed by atoms with Gasteiger partial charge in [-0.25, -0.2) is 0 Å². The Labute approximate surface area is 164 Å². The minimum absolute atomic E-state index is 0. The molecule has 0 atom stereocenters. The molecule has 2 nitrogen and oxygen atoms in total. The van der Waals surface area contributed by atoms with E-state index in [9.17, 15) is 0 Å². The molecular weight excluding hydrogens is 362 g/mol. The van der Waals surface area contributed by atoms with Crippen LogP contribution in [0.4, 0.5) is 0 Å². The maximum Gasteiger partial charge on any atom is 0.0402 e. The van der Waals surface area contributed by atoms with E-state index in [0.717, 1.165) is 0 Å². The maximum atomic E-state index is 7.57. The summed E-state index contributed by atoms with van der Waals surface area (Å²) in [6.45, 7) is 5.49. The minimum atomic E-state index is 0. The fourth-order valence-corrected chi connectivity index (χ4v) is 2.80. The van der Waals surface area contributed by atoms with Gasteiger partial charge in [0.15, 0.2) is 0 Å². The molecule has 0 aliphatic rings. The highest BCUT2D eigenvalue weighted by molar-refractivity contribution is 8.93. The normalized spacial score (nSPS) is 10.2. The van der Waals surface area contributed by atoms with Crippen molar-refractivity contribution in [1.29, 1.82) is 0 Å². The molecule has 0 radical (unpaired) electrons. The van der Waals surface area contributed by atoms with Crippen molar-refractivity contribution in [2.24, 2.45) is 0 Å². The van der Waals surface area contributed by atoms with Gasteiger partial charge in [0.25, 0.3) is 0 Å². The van der Waals surface area contributed by atoms with Gasteiger partial charge in [0.2, 0.25) is 0 Å². The van der Waals surface area contributed by atoms with Gasteiger partial charge in [-0.2, -0.15) is 0 Å². The largest absolute Gasteiger partial charge is 0.397 e. The zero-order valence-corrected chi connectivity index (χ0v) is 19.0. The van der Waals surface area contributed by atoms with Crippen LogP contribution in [0.5, 0.6) is 0 Å². The third-order valence-electron chi connectivity index (χ3n) is 4.21. The molecule has 0 aromatic carbocycles. The van der Waals surface area contributed by atoms with Crippen molar-refractivity contribution in [3.8, 4) is 0 Å². The average Bonchev–Trinajstić information content (AvgIpc) is 2.51. The fraction of sp³-hybridized carbons (Fsp3) is 1.00. The van der Waals surface area contributed by atoms with E-state index in [0.29, 0.717) is 0 Å². The van der Waals surface area contributed by atoms with Crippen molar-refractivity contribution >= 4 is 17.0 Å². The molecule has 150 valence electrons. The van der Waals surface area contributed by atoms with E-state index >= 15 is 0 Å². The predicted molar refractivity (Wildman–Crippen MR) is 117 cm³/mol. The van der Waals surface area contributed by atoms with Crippen molar-refractivity contribution in [1.82, 2.24) is 4.90 Å². The average molecular weight is 411 g/mol. The minimum Gasteiger partial charge on any atom is -0.397 e. The predicted octanol–water partition coefficient (Wildman–Crippen LogP) is 7.00. The van der Waals surface area contributed by atoms with Crippen LogP contribution >= 0.6 is 17.0 Å². The summed E-state index contributed by atoms with van der Waals surface area (Å²) in [4.78, 5) is 2.29. The van der Waals surface area contributed by atoms with Crippen LogP contribution in [0.15, 0.2) is 0 Å². The Morgan fingerprint density at radius 3 is 1.04 bits per heavy atom. The molecule has 0 spiro atoms. The topological polar surface area (TPSA) is 23.5 Å². The molecule has 0 fully saturated rings. The zero-order chi connectivity index (χ0) is 17.6. The van der Waals surface area contributed by atoms with Crippen molar-refractivity contribution in [2.75, 3.05) is 27.2 Å². The Morgan fingerprint density at radius 1 is 0.542 bits per heavy atom. The molecule has 0 saturated carbocycles. The van der Waals surface area contributed by atoms with E-state index in [1.54, 1.807) is 6.92 Å². The Balaban J connectivity index is -0.00000102. The highest BCUT2D eigenvalue weighted by atomic mass is 79.9. The van der Waals surface area contributed by atoms with Gasteiger partial charge in [0.05, 0.1) is 0 Å². The molecule has 0 bridgehead atoms. The summed E-state index contributed by atoms with van der Waals surface area (Å²) in [7, 11) is 4.34. The second-order valence-electron chi connectivity index (χ2n) is 7.07. The summed E-state index contributed by atoms with van der Waals surface area (Å²) in [5.74, 6) is 0. The number of rotatable bonds is 16. The Hall–Kier alpha value is 0.400. The molecule has 1 N–H and O–H groups in total. The monoisotopic (exact) mass is 409 g/mol. The summed E-state index contributed by atoms with van der Waals surface area (Å²) in [6.07, 6.45) is 21.8. The molecule has 24 heavy (non-hydrogen) atoms. The van der Waals surface area contributed by atoms with Gasteiger partial charge in [0.1, 0.15) is 0 Å². The first-order chi connectivity index (χ1) is 11.2. The molecule has 0 unspecified atom stereocenters. The summed E-state index contributed by atoms with van der Waals surface area (Å²) in [5.41, 5.74) is 0. The van der Waals surface area contributed by atoms with Crippen LogP contribution in [0.25, 0.3) is 0 Å². The first-order valence-electron chi connectivity index (χ1n) is 10.4. The lowest BCUT2D eigenvalue weighted by Crippen LogP contribution is -2.12. The zero-order valence-electron chi connectivity index (χ0n) is 17.3. The quantitative estimate of drug-likeness (QED) is 0.277. The Morgan fingerprint density at radius 2 is 0.792 bits per heavy atom. The smallest absolute Gasteiger partial charge is 0.0402 e. The van der Waals surface area contributed by atoms with Gasteiger partial charge in [-0.1, -0.05) is 96.8 Å². The summed E-state index contributed by atoms with van der Waals surface area (Å²) in [6, 6.07) is 0. The molecule has 0 saturated heterocycles. The van der Waals surface area contributed by atoms with Crippen LogP contribution in [0.2, 0.25) is 0 Å². The van der Waals surface area contributed by atoms with E-state index in [4.69, 9.17) is 5.11 Å². The number of unbranched alkanes of at least 4 members (excludes halogenated alkanes) is 14. The van der Waals surface area contributed by atoms with Gasteiger partial charge in [-0.15, -0.1) is 17.0 Å². The summed E-state index contributed by atoms with van der Waals surface area (Å²) >= 11 is 0. The lowest BCUT2D eigenvalue weighted by Gasteiger charge is -2.08. The molecule has 0 rings (SSSR count). The summed E-state index contributed by atoms with van der Waals surface area (Å²) in [5, 5.41) is 7.57. The van der Waals surface area contributed by atoms with Crippen molar-refractivity contribution < 1.29 is 5.11 Å². The number of hydrogen-bond acceptors (Lipinski definition) is 2. The van der Waals surface area contributed by atoms with Gasteiger partial charge < -0.3 is 10.0 Å². The SMILES string of the molecule is Br.CCCCCCCCCCCCCCCCCN(C)C.CCO. The third-order valence-corrected chi connectivity index (χ3v) is 4.21. The molecular formula is C21H48BrNO. The lowest BCUT2D eigenvalue weighted by molar-refractivity contribution is 0.318. The van der Waals surface area contributed by atoms with Gasteiger partial charge in [0, 0.05) is 6.61 Å². The molecule has 3 heteroatoms. The third kappa shape index (κ3) is 33.9. The van der Waals surface area contributed by atoms with Crippen molar-refractivity contribution in [3.05, 3.63) is 0 Å². The number of aliphatic hydroxyl groups is 1. The van der Waals surface area contributed by atoms with Crippen LogP contribution in [-0.2, 0) is 0 Å². The second-order valence-corrected chi connectivity index (χ2v) is 7.07. The second kappa shape index (κ2) is 28.2. The van der Waals surface area contributed by atoms with Crippen LogP contribution in [0, 0.1) is 0 Å². The van der Waals surface area contributed by atoms with E-state index in [1.807, 2.05) is 0 Å². The van der Waals surface area contributed by atoms with E-state index < -0.39 is 0 Å². The standard InChI is InChI=1S/C19H41N.C2H6O.BrH/c1-4-5-6-7-8-9-10-11-12-13-14-15-16-17-18-19-20(2)3;1-2-3;/h4-19H2,1-3H3;3H,2H2,1H3;1H. The number of hydrogen-bond donors (Lipinski definition) is 1. The first kappa shape index (κ1) is 29.2. The first-order valence-corrected chi connectivity index (χ1v) is 10.4. The Bertz CT molecular complexity index is 189. The van der Waals surface area contributed by atoms with Crippen LogP contribution < -0.4 is 0 Å². The maximum absolute atomic E-state index is 7.57. The van der Waals surface area contributed by atoms with Crippen LogP contribution in [0.1, 0.15) is 110 Å². The number of halogens is 1. The lowest BCUT2D eigenvalue weighted by atomic mass is 10.0. The molecule has 0 amide bonds. The van der Waals surface area contributed by atoms with E-state index in [-0.39, 0.29) is 23.6 Å². The number of aliphatic hydroxyl groups excluding tert-OH is 1. The molecule has 0 aliphatic carbocycles. The van der Waals surface area contributed by atoms with E-state index in [2.05, 4.69) is 25.9 Å². The van der Waals surface area contributed by atoms with Crippen molar-refractivity contribution in [2.45, 2.75) is 110 Å².